The summed E-state index contributed by atoms with van der Waals surface area (Å²) in [5.74, 6) is 0.438. The summed E-state index contributed by atoms with van der Waals surface area (Å²) < 4.78 is 0. The molecule has 0 aliphatic carbocycles. The molecule has 2 aromatic rings. The number of phenols is 1. The monoisotopic (exact) mass is 316 g/mol. The van der Waals surface area contributed by atoms with Gasteiger partial charge in [-0.1, -0.05) is 36.7 Å². The Labute approximate surface area is 134 Å². The number of hydrogen-bond donors (Lipinski definition) is 1. The van der Waals surface area contributed by atoms with Gasteiger partial charge in [-0.15, -0.1) is 11.8 Å². The summed E-state index contributed by atoms with van der Waals surface area (Å²) in [6.45, 7) is 6.58. The van der Waals surface area contributed by atoms with E-state index in [1.165, 1.54) is 21.4 Å². The lowest BCUT2D eigenvalue weighted by molar-refractivity contribution is 0.467. The van der Waals surface area contributed by atoms with Crippen LogP contribution in [0.15, 0.2) is 41.3 Å². The Morgan fingerprint density at radius 3 is 2.71 bits per heavy atom. The van der Waals surface area contributed by atoms with Crippen LogP contribution >= 0.6 is 11.8 Å². The first kappa shape index (κ1) is 16.2. The zero-order chi connectivity index (χ0) is 15.2. The first-order valence-electron chi connectivity index (χ1n) is 7.61. The van der Waals surface area contributed by atoms with Crippen LogP contribution in [0.25, 0.3) is 0 Å². The summed E-state index contributed by atoms with van der Waals surface area (Å²) in [6.07, 6.45) is 2.02. The second-order valence-electron chi connectivity index (χ2n) is 5.50. The topological polar surface area (TPSA) is 20.2 Å². The minimum absolute atomic E-state index is 0.239. The van der Waals surface area contributed by atoms with Crippen molar-refractivity contribution in [1.82, 2.24) is 0 Å². The van der Waals surface area contributed by atoms with Gasteiger partial charge in [0.2, 0.25) is 0 Å². The molecule has 1 nitrogen and oxygen atoms in total. The number of rotatable bonds is 6. The highest BCUT2D eigenvalue weighted by Crippen LogP contribution is 2.26. The van der Waals surface area contributed by atoms with Gasteiger partial charge in [-0.3, -0.25) is 0 Å². The van der Waals surface area contributed by atoms with Crippen LogP contribution in [0.1, 0.15) is 30.0 Å². The van der Waals surface area contributed by atoms with E-state index in [1.54, 1.807) is 5.19 Å². The SMILES string of the molecule is CCCc1cc(SC[SiH2]c2cccc(C)c2C)ccc1O. The molecule has 0 fully saturated rings. The molecule has 3 heteroatoms. The van der Waals surface area contributed by atoms with Gasteiger partial charge in [-0.2, -0.15) is 0 Å². The lowest BCUT2D eigenvalue weighted by Crippen LogP contribution is -2.20. The number of benzene rings is 2. The lowest BCUT2D eigenvalue weighted by Gasteiger charge is -2.09. The summed E-state index contributed by atoms with van der Waals surface area (Å²) in [5, 5.41) is 12.6. The standard InChI is InChI=1S/C18H24OSSi/c1-4-6-15-11-16(9-10-17(15)19)20-12-21-18-8-5-7-13(2)14(18)3/h5,7-11,19H,4,6,12,21H2,1-3H3. The fourth-order valence-corrected chi connectivity index (χ4v) is 6.06. The molecule has 0 aromatic heterocycles. The maximum Gasteiger partial charge on any atom is 0.118 e. The Balaban J connectivity index is 1.97. The number of aromatic hydroxyl groups is 1. The molecule has 0 amide bonds. The van der Waals surface area contributed by atoms with Gasteiger partial charge in [0.1, 0.15) is 5.75 Å². The molecule has 0 unspecified atom stereocenters. The van der Waals surface area contributed by atoms with Gasteiger partial charge in [0.25, 0.3) is 0 Å². The van der Waals surface area contributed by atoms with Crippen LogP contribution in [-0.2, 0) is 6.42 Å². The summed E-state index contributed by atoms with van der Waals surface area (Å²) in [7, 11) is -0.239. The number of aryl methyl sites for hydroxylation is 2. The van der Waals surface area contributed by atoms with Crippen LogP contribution in [-0.4, -0.2) is 20.0 Å². The maximum absolute atomic E-state index is 9.84. The largest absolute Gasteiger partial charge is 0.508 e. The van der Waals surface area contributed by atoms with E-state index in [9.17, 15) is 5.11 Å². The Hall–Kier alpha value is -1.19. The molecule has 2 rings (SSSR count). The van der Waals surface area contributed by atoms with Gasteiger partial charge in [-0.05, 0) is 60.5 Å². The average molecular weight is 317 g/mol. The molecule has 2 aromatic carbocycles. The van der Waals surface area contributed by atoms with E-state index in [4.69, 9.17) is 0 Å². The number of thioether (sulfide) groups is 1. The summed E-state index contributed by atoms with van der Waals surface area (Å²) in [6, 6.07) is 12.7. The second kappa shape index (κ2) is 7.71. The van der Waals surface area contributed by atoms with Gasteiger partial charge in [0, 0.05) is 4.90 Å². The Morgan fingerprint density at radius 1 is 1.14 bits per heavy atom. The summed E-state index contributed by atoms with van der Waals surface area (Å²) in [5.41, 5.74) is 3.96. The molecule has 0 aliphatic heterocycles. The van der Waals surface area contributed by atoms with Crippen molar-refractivity contribution >= 4 is 26.5 Å². The molecule has 1 N–H and O–H groups in total. The van der Waals surface area contributed by atoms with E-state index in [1.807, 2.05) is 23.9 Å². The smallest absolute Gasteiger partial charge is 0.118 e. The first-order valence-corrected chi connectivity index (χ1v) is 10.3. The molecular weight excluding hydrogens is 292 g/mol. The van der Waals surface area contributed by atoms with E-state index >= 15 is 0 Å². The molecular formula is C18H24OSSi. The highest BCUT2D eigenvalue weighted by Gasteiger charge is 2.05. The molecule has 0 saturated carbocycles. The van der Waals surface area contributed by atoms with E-state index in [0.29, 0.717) is 5.75 Å². The highest BCUT2D eigenvalue weighted by molar-refractivity contribution is 8.00. The fraction of sp³-hybridized carbons (Fsp3) is 0.333. The van der Waals surface area contributed by atoms with Gasteiger partial charge in [-0.25, -0.2) is 0 Å². The minimum atomic E-state index is -0.239. The molecule has 112 valence electrons. The van der Waals surface area contributed by atoms with Crippen molar-refractivity contribution in [3.05, 3.63) is 53.1 Å². The van der Waals surface area contributed by atoms with Crippen LogP contribution in [0, 0.1) is 13.8 Å². The molecule has 0 bridgehead atoms. The van der Waals surface area contributed by atoms with Crippen LogP contribution in [0.2, 0.25) is 0 Å². The van der Waals surface area contributed by atoms with Crippen molar-refractivity contribution in [1.29, 1.82) is 0 Å². The van der Waals surface area contributed by atoms with Crippen molar-refractivity contribution in [3.63, 3.8) is 0 Å². The summed E-state index contributed by atoms with van der Waals surface area (Å²) in [4.78, 5) is 1.29. The van der Waals surface area contributed by atoms with Crippen molar-refractivity contribution in [2.45, 2.75) is 38.5 Å². The van der Waals surface area contributed by atoms with Crippen molar-refractivity contribution in [2.75, 3.05) is 5.38 Å². The average Bonchev–Trinajstić information content (AvgIpc) is 2.47. The molecule has 0 aliphatic rings. The molecule has 0 saturated heterocycles. The predicted octanol–water partition coefficient (Wildman–Crippen LogP) is 3.51. The fourth-order valence-electron chi connectivity index (χ4n) is 2.48. The lowest BCUT2D eigenvalue weighted by atomic mass is 10.1. The van der Waals surface area contributed by atoms with Crippen LogP contribution < -0.4 is 5.19 Å². The van der Waals surface area contributed by atoms with Crippen molar-refractivity contribution < 1.29 is 5.11 Å². The van der Waals surface area contributed by atoms with E-state index < -0.39 is 0 Å². The molecule has 0 atom stereocenters. The van der Waals surface area contributed by atoms with Gasteiger partial charge in [0.05, 0.1) is 9.52 Å². The van der Waals surface area contributed by atoms with E-state index in [2.05, 4.69) is 45.0 Å². The van der Waals surface area contributed by atoms with E-state index in [-0.39, 0.29) is 9.52 Å². The number of phenolic OH excluding ortho intramolecular Hbond substituents is 1. The highest BCUT2D eigenvalue weighted by atomic mass is 32.2. The molecule has 0 spiro atoms. The van der Waals surface area contributed by atoms with Gasteiger partial charge < -0.3 is 5.11 Å². The normalized spacial score (nSPS) is 11.4. The number of hydrogen-bond acceptors (Lipinski definition) is 2. The van der Waals surface area contributed by atoms with Gasteiger partial charge in [0.15, 0.2) is 0 Å². The Morgan fingerprint density at radius 2 is 1.95 bits per heavy atom. The van der Waals surface area contributed by atoms with Crippen LogP contribution in [0.5, 0.6) is 5.75 Å². The Bertz CT molecular complexity index is 610. The first-order chi connectivity index (χ1) is 10.1. The third-order valence-corrected chi connectivity index (χ3v) is 7.45. The van der Waals surface area contributed by atoms with Crippen LogP contribution in [0.4, 0.5) is 0 Å². The third kappa shape index (κ3) is 4.38. The Kier molecular flexibility index (Phi) is 5.94. The van der Waals surface area contributed by atoms with E-state index in [0.717, 1.165) is 18.4 Å². The molecule has 0 heterocycles. The van der Waals surface area contributed by atoms with Crippen LogP contribution in [0.3, 0.4) is 0 Å². The zero-order valence-corrected chi connectivity index (χ0v) is 15.4. The predicted molar refractivity (Wildman–Crippen MR) is 96.9 cm³/mol. The molecule has 21 heavy (non-hydrogen) atoms. The van der Waals surface area contributed by atoms with Crippen molar-refractivity contribution in [3.8, 4) is 5.75 Å². The van der Waals surface area contributed by atoms with Crippen molar-refractivity contribution in [2.24, 2.45) is 0 Å². The summed E-state index contributed by atoms with van der Waals surface area (Å²) >= 11 is 1.93. The second-order valence-corrected chi connectivity index (χ2v) is 9.15. The zero-order valence-electron chi connectivity index (χ0n) is 13.1. The maximum atomic E-state index is 9.84. The molecule has 0 radical (unpaired) electrons. The third-order valence-electron chi connectivity index (χ3n) is 3.93. The minimum Gasteiger partial charge on any atom is -0.508 e. The quantitative estimate of drug-likeness (QED) is 0.650. The van der Waals surface area contributed by atoms with Gasteiger partial charge >= 0.3 is 0 Å².